The Balaban J connectivity index is 0.00000312. The molecule has 0 unspecified atom stereocenters. The third-order valence-electron chi connectivity index (χ3n) is 4.88. The topological polar surface area (TPSA) is 92.5 Å². The summed E-state index contributed by atoms with van der Waals surface area (Å²) < 4.78 is 23.5. The number of primary sulfonamides is 1. The fraction of sp³-hybridized carbons (Fsp3) is 0.588. The number of carbonyl (C=O) groups is 1. The highest BCUT2D eigenvalue weighted by Gasteiger charge is 2.25. The fourth-order valence-corrected chi connectivity index (χ4v) is 4.08. The van der Waals surface area contributed by atoms with Crippen molar-refractivity contribution in [3.63, 3.8) is 0 Å². The van der Waals surface area contributed by atoms with Gasteiger partial charge in [0.15, 0.2) is 0 Å². The van der Waals surface area contributed by atoms with E-state index < -0.39 is 10.0 Å². The molecule has 0 aliphatic carbocycles. The van der Waals surface area contributed by atoms with Crippen molar-refractivity contribution >= 4 is 28.3 Å². The molecule has 0 bridgehead atoms. The van der Waals surface area contributed by atoms with Crippen molar-refractivity contribution in [3.05, 3.63) is 28.8 Å². The number of nitrogens with zero attached hydrogens (tertiary/aromatic N) is 1. The van der Waals surface area contributed by atoms with E-state index in [0.717, 1.165) is 31.4 Å². The zero-order chi connectivity index (χ0) is 17.9. The van der Waals surface area contributed by atoms with E-state index in [-0.39, 0.29) is 23.2 Å². The number of rotatable bonds is 5. The summed E-state index contributed by atoms with van der Waals surface area (Å²) in [6.07, 6.45) is 3.10. The Morgan fingerprint density at radius 3 is 2.40 bits per heavy atom. The number of piperidine rings is 1. The Hall–Kier alpha value is -1.15. The first kappa shape index (κ1) is 21.9. The van der Waals surface area contributed by atoms with E-state index in [0.29, 0.717) is 30.1 Å². The molecule has 1 aliphatic rings. The first-order valence-corrected chi connectivity index (χ1v) is 9.86. The SMILES string of the molecule is CNCCC1CCN(C(=O)c2cc(C)c(C)c(S(N)(=O)=O)c2)CC1.Cl. The Labute approximate surface area is 156 Å². The summed E-state index contributed by atoms with van der Waals surface area (Å²) in [6.45, 7) is 5.92. The van der Waals surface area contributed by atoms with Crippen molar-refractivity contribution in [2.24, 2.45) is 11.1 Å². The Morgan fingerprint density at radius 1 is 1.28 bits per heavy atom. The molecule has 0 spiro atoms. The van der Waals surface area contributed by atoms with Crippen LogP contribution in [0.25, 0.3) is 0 Å². The molecule has 3 N–H and O–H groups in total. The summed E-state index contributed by atoms with van der Waals surface area (Å²) >= 11 is 0. The maximum Gasteiger partial charge on any atom is 0.253 e. The summed E-state index contributed by atoms with van der Waals surface area (Å²) in [5.41, 5.74) is 1.75. The normalized spacial score (nSPS) is 15.8. The molecule has 142 valence electrons. The van der Waals surface area contributed by atoms with Crippen molar-refractivity contribution in [1.82, 2.24) is 10.2 Å². The van der Waals surface area contributed by atoms with Gasteiger partial charge in [-0.25, -0.2) is 13.6 Å². The molecule has 6 nitrogen and oxygen atoms in total. The van der Waals surface area contributed by atoms with E-state index in [4.69, 9.17) is 5.14 Å². The lowest BCUT2D eigenvalue weighted by Gasteiger charge is -2.32. The van der Waals surface area contributed by atoms with Gasteiger partial charge in [-0.2, -0.15) is 0 Å². The minimum Gasteiger partial charge on any atom is -0.339 e. The molecule has 1 aromatic carbocycles. The lowest BCUT2D eigenvalue weighted by Crippen LogP contribution is -2.39. The van der Waals surface area contributed by atoms with Gasteiger partial charge in [0.05, 0.1) is 4.90 Å². The summed E-state index contributed by atoms with van der Waals surface area (Å²) in [7, 11) is -1.89. The van der Waals surface area contributed by atoms with Gasteiger partial charge in [0.2, 0.25) is 10.0 Å². The predicted molar refractivity (Wildman–Crippen MR) is 102 cm³/mol. The van der Waals surface area contributed by atoms with Crippen LogP contribution in [0.15, 0.2) is 17.0 Å². The molecule has 1 amide bonds. The molecule has 2 rings (SSSR count). The summed E-state index contributed by atoms with van der Waals surface area (Å²) in [4.78, 5) is 14.6. The molecule has 1 saturated heterocycles. The number of sulfonamides is 1. The molecule has 1 fully saturated rings. The molecule has 0 aromatic heterocycles. The summed E-state index contributed by atoms with van der Waals surface area (Å²) in [5, 5.41) is 8.44. The summed E-state index contributed by atoms with van der Waals surface area (Å²) in [6, 6.07) is 3.16. The second-order valence-electron chi connectivity index (χ2n) is 6.59. The van der Waals surface area contributed by atoms with Crippen LogP contribution < -0.4 is 10.5 Å². The minimum absolute atomic E-state index is 0. The van der Waals surface area contributed by atoms with Crippen LogP contribution in [0, 0.1) is 19.8 Å². The Bertz CT molecular complexity index is 714. The van der Waals surface area contributed by atoms with Crippen molar-refractivity contribution in [2.75, 3.05) is 26.7 Å². The highest BCUT2D eigenvalue weighted by molar-refractivity contribution is 7.89. The van der Waals surface area contributed by atoms with Crippen LogP contribution in [0.5, 0.6) is 0 Å². The van der Waals surface area contributed by atoms with E-state index in [2.05, 4.69) is 5.32 Å². The molecule has 25 heavy (non-hydrogen) atoms. The number of amides is 1. The van der Waals surface area contributed by atoms with Crippen molar-refractivity contribution in [3.8, 4) is 0 Å². The Kier molecular flexibility index (Phi) is 7.87. The van der Waals surface area contributed by atoms with E-state index in [1.807, 2.05) is 11.9 Å². The maximum absolute atomic E-state index is 12.7. The van der Waals surface area contributed by atoms with Crippen LogP contribution in [-0.4, -0.2) is 45.9 Å². The molecular weight excluding hydrogens is 362 g/mol. The van der Waals surface area contributed by atoms with Crippen molar-refractivity contribution in [2.45, 2.75) is 38.0 Å². The number of nitrogens with two attached hydrogens (primary N) is 1. The van der Waals surface area contributed by atoms with E-state index in [1.165, 1.54) is 6.07 Å². The fourth-order valence-electron chi connectivity index (χ4n) is 3.20. The van der Waals surface area contributed by atoms with Gasteiger partial charge in [0, 0.05) is 18.7 Å². The molecule has 1 heterocycles. The van der Waals surface area contributed by atoms with Crippen molar-refractivity contribution in [1.29, 1.82) is 0 Å². The van der Waals surface area contributed by atoms with Gasteiger partial charge in [-0.15, -0.1) is 12.4 Å². The monoisotopic (exact) mass is 389 g/mol. The van der Waals surface area contributed by atoms with Gasteiger partial charge in [-0.1, -0.05) is 0 Å². The van der Waals surface area contributed by atoms with Crippen LogP contribution in [0.2, 0.25) is 0 Å². The van der Waals surface area contributed by atoms with Gasteiger partial charge in [-0.05, 0) is 75.9 Å². The van der Waals surface area contributed by atoms with E-state index in [9.17, 15) is 13.2 Å². The molecule has 1 aromatic rings. The second-order valence-corrected chi connectivity index (χ2v) is 8.12. The standard InChI is InChI=1S/C17H27N3O3S.ClH/c1-12-10-15(11-16(13(12)2)24(18,22)23)17(21)20-8-5-14(6-9-20)4-7-19-3;/h10-11,14,19H,4-9H2,1-3H3,(H2,18,22,23);1H. The zero-order valence-electron chi connectivity index (χ0n) is 15.0. The smallest absolute Gasteiger partial charge is 0.253 e. The number of halogens is 1. The lowest BCUT2D eigenvalue weighted by molar-refractivity contribution is 0.0687. The average Bonchev–Trinajstić information content (AvgIpc) is 2.54. The lowest BCUT2D eigenvalue weighted by atomic mass is 9.93. The van der Waals surface area contributed by atoms with Crippen molar-refractivity contribution < 1.29 is 13.2 Å². The largest absolute Gasteiger partial charge is 0.339 e. The number of benzene rings is 1. The number of aryl methyl sites for hydroxylation is 1. The predicted octanol–water partition coefficient (Wildman–Crippen LogP) is 1.83. The second kappa shape index (κ2) is 8.98. The molecule has 1 aliphatic heterocycles. The molecule has 0 radical (unpaired) electrons. The van der Waals surface area contributed by atoms with E-state index in [1.54, 1.807) is 19.9 Å². The minimum atomic E-state index is -3.84. The highest BCUT2D eigenvalue weighted by atomic mass is 35.5. The van der Waals surface area contributed by atoms with E-state index >= 15 is 0 Å². The Morgan fingerprint density at radius 2 is 1.88 bits per heavy atom. The van der Waals surface area contributed by atoms with Crippen LogP contribution >= 0.6 is 12.4 Å². The third kappa shape index (κ3) is 5.41. The van der Waals surface area contributed by atoms with Crippen LogP contribution in [0.1, 0.15) is 40.7 Å². The number of likely N-dealkylation sites (tertiary alicyclic amines) is 1. The van der Waals surface area contributed by atoms with Gasteiger partial charge in [0.25, 0.3) is 5.91 Å². The van der Waals surface area contributed by atoms with Gasteiger partial charge in [0.1, 0.15) is 0 Å². The molecular formula is C17H28ClN3O3S. The molecule has 0 atom stereocenters. The number of nitrogens with one attached hydrogen (secondary N) is 1. The first-order chi connectivity index (χ1) is 11.2. The average molecular weight is 390 g/mol. The highest BCUT2D eigenvalue weighted by Crippen LogP contribution is 2.24. The third-order valence-corrected chi connectivity index (χ3v) is 5.91. The number of carbonyl (C=O) groups excluding carboxylic acids is 1. The van der Waals surface area contributed by atoms with Gasteiger partial charge >= 0.3 is 0 Å². The van der Waals surface area contributed by atoms with Crippen LogP contribution in [0.4, 0.5) is 0 Å². The molecule has 8 heteroatoms. The summed E-state index contributed by atoms with van der Waals surface area (Å²) in [5.74, 6) is 0.524. The molecule has 0 saturated carbocycles. The zero-order valence-corrected chi connectivity index (χ0v) is 16.7. The number of hydrogen-bond acceptors (Lipinski definition) is 4. The van der Waals surface area contributed by atoms with Gasteiger partial charge < -0.3 is 10.2 Å². The first-order valence-electron chi connectivity index (χ1n) is 8.32. The quantitative estimate of drug-likeness (QED) is 0.803. The van der Waals surface area contributed by atoms with Crippen LogP contribution in [0.3, 0.4) is 0 Å². The maximum atomic E-state index is 12.7. The van der Waals surface area contributed by atoms with Gasteiger partial charge in [-0.3, -0.25) is 4.79 Å². The number of hydrogen-bond donors (Lipinski definition) is 2. The van der Waals surface area contributed by atoms with Crippen LogP contribution in [-0.2, 0) is 10.0 Å².